The van der Waals surface area contributed by atoms with Crippen LogP contribution in [-0.2, 0) is 21.1 Å². The van der Waals surface area contributed by atoms with E-state index in [2.05, 4.69) is 15.6 Å². The maximum atomic E-state index is 11.8. The van der Waals surface area contributed by atoms with Crippen molar-refractivity contribution in [2.45, 2.75) is 31.4 Å². The van der Waals surface area contributed by atoms with Crippen LogP contribution in [0.5, 0.6) is 0 Å². The van der Waals surface area contributed by atoms with Gasteiger partial charge in [0.15, 0.2) is 15.8 Å². The van der Waals surface area contributed by atoms with E-state index < -0.39 is 9.84 Å². The molecule has 0 fully saturated rings. The predicted octanol–water partition coefficient (Wildman–Crippen LogP) is 2.84. The zero-order valence-electron chi connectivity index (χ0n) is 16.9. The van der Waals surface area contributed by atoms with Crippen molar-refractivity contribution >= 4 is 15.8 Å². The number of benzene rings is 2. The largest absolute Gasteiger partial charge is 0.375 e. The first-order valence-electron chi connectivity index (χ1n) is 9.24. The van der Waals surface area contributed by atoms with E-state index >= 15 is 0 Å². The van der Waals surface area contributed by atoms with E-state index in [0.29, 0.717) is 23.9 Å². The quantitative estimate of drug-likeness (QED) is 0.523. The summed E-state index contributed by atoms with van der Waals surface area (Å²) in [5, 5.41) is 6.53. The lowest BCUT2D eigenvalue weighted by molar-refractivity contribution is 0.106. The first kappa shape index (κ1) is 21.9. The summed E-state index contributed by atoms with van der Waals surface area (Å²) in [6.45, 7) is 5.58. The van der Waals surface area contributed by atoms with Gasteiger partial charge in [0.05, 0.1) is 17.5 Å². The number of hydrogen-bond donors (Lipinski definition) is 2. The molecule has 1 unspecified atom stereocenters. The SMILES string of the molecule is CCNC(=NCc1ccc(S(C)(=O)=O)c(C)c1)NCC(OC)c1ccccc1. The van der Waals surface area contributed by atoms with E-state index in [4.69, 9.17) is 4.74 Å². The van der Waals surface area contributed by atoms with Crippen LogP contribution in [0.4, 0.5) is 0 Å². The number of sulfone groups is 1. The first-order valence-corrected chi connectivity index (χ1v) is 11.1. The molecule has 2 rings (SSSR count). The Hall–Kier alpha value is -2.38. The molecular formula is C21H29N3O3S. The number of nitrogens with one attached hydrogen (secondary N) is 2. The first-order chi connectivity index (χ1) is 13.3. The normalized spacial score (nSPS) is 13.2. The number of guanidine groups is 1. The fourth-order valence-corrected chi connectivity index (χ4v) is 3.89. The molecule has 0 heterocycles. The Morgan fingerprint density at radius 3 is 2.43 bits per heavy atom. The summed E-state index contributed by atoms with van der Waals surface area (Å²) in [6.07, 6.45) is 1.14. The van der Waals surface area contributed by atoms with Crippen molar-refractivity contribution in [1.29, 1.82) is 0 Å². The Labute approximate surface area is 168 Å². The molecule has 0 saturated carbocycles. The molecule has 0 amide bonds. The summed E-state index contributed by atoms with van der Waals surface area (Å²) in [7, 11) is -1.52. The maximum absolute atomic E-state index is 11.8. The summed E-state index contributed by atoms with van der Waals surface area (Å²) in [5.41, 5.74) is 2.78. The van der Waals surface area contributed by atoms with Crippen molar-refractivity contribution in [3.05, 3.63) is 65.2 Å². The molecule has 0 spiro atoms. The molecule has 0 saturated heterocycles. The number of methoxy groups -OCH3 is 1. The van der Waals surface area contributed by atoms with Crippen LogP contribution < -0.4 is 10.6 Å². The van der Waals surface area contributed by atoms with Crippen LogP contribution in [0.2, 0.25) is 0 Å². The van der Waals surface area contributed by atoms with Gasteiger partial charge in [0.1, 0.15) is 0 Å². The van der Waals surface area contributed by atoms with Crippen LogP contribution in [0.1, 0.15) is 29.7 Å². The van der Waals surface area contributed by atoms with Crippen LogP contribution in [0.3, 0.4) is 0 Å². The van der Waals surface area contributed by atoms with Crippen molar-refractivity contribution in [1.82, 2.24) is 10.6 Å². The third-order valence-electron chi connectivity index (χ3n) is 4.31. The standard InChI is InChI=1S/C21H29N3O3S/c1-5-22-21(24-15-19(27-3)18-9-7-6-8-10-18)23-14-17-11-12-20(16(2)13-17)28(4,25)26/h6-13,19H,5,14-15H2,1-4H3,(H2,22,23,24). The lowest BCUT2D eigenvalue weighted by Gasteiger charge is -2.18. The summed E-state index contributed by atoms with van der Waals surface area (Å²) in [4.78, 5) is 4.96. The number of aryl methyl sites for hydroxylation is 1. The predicted molar refractivity (Wildman–Crippen MR) is 113 cm³/mol. The Morgan fingerprint density at radius 2 is 1.86 bits per heavy atom. The summed E-state index contributed by atoms with van der Waals surface area (Å²) >= 11 is 0. The number of ether oxygens (including phenoxy) is 1. The van der Waals surface area contributed by atoms with Gasteiger partial charge in [-0.2, -0.15) is 0 Å². The molecular weight excluding hydrogens is 374 g/mol. The molecule has 0 aliphatic rings. The van der Waals surface area contributed by atoms with Crippen molar-refractivity contribution in [3.63, 3.8) is 0 Å². The third-order valence-corrected chi connectivity index (χ3v) is 5.57. The smallest absolute Gasteiger partial charge is 0.191 e. The van der Waals surface area contributed by atoms with E-state index in [1.54, 1.807) is 26.2 Å². The Morgan fingerprint density at radius 1 is 1.14 bits per heavy atom. The summed E-state index contributed by atoms with van der Waals surface area (Å²) < 4.78 is 29.1. The highest BCUT2D eigenvalue weighted by molar-refractivity contribution is 7.90. The second-order valence-corrected chi connectivity index (χ2v) is 8.57. The molecule has 0 aromatic heterocycles. The molecule has 28 heavy (non-hydrogen) atoms. The Kier molecular flexibility index (Phi) is 8.02. The van der Waals surface area contributed by atoms with Crippen molar-refractivity contribution in [2.75, 3.05) is 26.5 Å². The van der Waals surface area contributed by atoms with Gasteiger partial charge in [-0.3, -0.25) is 0 Å². The van der Waals surface area contributed by atoms with Gasteiger partial charge in [-0.25, -0.2) is 13.4 Å². The van der Waals surface area contributed by atoms with Gasteiger partial charge in [-0.05, 0) is 36.6 Å². The zero-order chi connectivity index (χ0) is 20.6. The zero-order valence-corrected chi connectivity index (χ0v) is 17.7. The second kappa shape index (κ2) is 10.2. The second-order valence-electron chi connectivity index (χ2n) is 6.58. The average molecular weight is 404 g/mol. The molecule has 152 valence electrons. The van der Waals surface area contributed by atoms with Gasteiger partial charge in [-0.1, -0.05) is 42.5 Å². The van der Waals surface area contributed by atoms with Crippen LogP contribution in [0, 0.1) is 6.92 Å². The summed E-state index contributed by atoms with van der Waals surface area (Å²) in [5.74, 6) is 0.685. The van der Waals surface area contributed by atoms with E-state index in [9.17, 15) is 8.42 Å². The minimum atomic E-state index is -3.21. The number of aliphatic imine (C=N–C) groups is 1. The van der Waals surface area contributed by atoms with Crippen molar-refractivity contribution < 1.29 is 13.2 Å². The highest BCUT2D eigenvalue weighted by Crippen LogP contribution is 2.17. The van der Waals surface area contributed by atoms with Crippen LogP contribution in [-0.4, -0.2) is 40.8 Å². The molecule has 0 aliphatic heterocycles. The minimum Gasteiger partial charge on any atom is -0.375 e. The lowest BCUT2D eigenvalue weighted by atomic mass is 10.1. The number of rotatable bonds is 8. The van der Waals surface area contributed by atoms with Gasteiger partial charge in [-0.15, -0.1) is 0 Å². The van der Waals surface area contributed by atoms with Crippen molar-refractivity contribution in [3.8, 4) is 0 Å². The van der Waals surface area contributed by atoms with Crippen LogP contribution >= 0.6 is 0 Å². The number of hydrogen-bond acceptors (Lipinski definition) is 4. The molecule has 0 aliphatic carbocycles. The monoisotopic (exact) mass is 403 g/mol. The van der Waals surface area contributed by atoms with Crippen molar-refractivity contribution in [2.24, 2.45) is 4.99 Å². The molecule has 6 nitrogen and oxygen atoms in total. The molecule has 7 heteroatoms. The van der Waals surface area contributed by atoms with Crippen LogP contribution in [0.15, 0.2) is 58.4 Å². The van der Waals surface area contributed by atoms with Gasteiger partial charge in [0.2, 0.25) is 0 Å². The maximum Gasteiger partial charge on any atom is 0.191 e. The minimum absolute atomic E-state index is 0.0821. The third kappa shape index (κ3) is 6.35. The van der Waals surface area contributed by atoms with E-state index in [1.807, 2.05) is 43.3 Å². The topological polar surface area (TPSA) is 79.8 Å². The van der Waals surface area contributed by atoms with E-state index in [-0.39, 0.29) is 6.10 Å². The average Bonchev–Trinajstić information content (AvgIpc) is 2.66. The van der Waals surface area contributed by atoms with Gasteiger partial charge in [0.25, 0.3) is 0 Å². The molecule has 2 aromatic rings. The Balaban J connectivity index is 2.07. The molecule has 0 bridgehead atoms. The van der Waals surface area contributed by atoms with Crippen LogP contribution in [0.25, 0.3) is 0 Å². The lowest BCUT2D eigenvalue weighted by Crippen LogP contribution is -2.39. The molecule has 2 aromatic carbocycles. The molecule has 1 atom stereocenters. The van der Waals surface area contributed by atoms with E-state index in [0.717, 1.165) is 23.2 Å². The molecule has 0 radical (unpaired) electrons. The molecule has 2 N–H and O–H groups in total. The van der Waals surface area contributed by atoms with Gasteiger partial charge < -0.3 is 15.4 Å². The van der Waals surface area contributed by atoms with E-state index in [1.165, 1.54) is 6.26 Å². The van der Waals surface area contributed by atoms with Gasteiger partial charge >= 0.3 is 0 Å². The Bertz CT molecular complexity index is 896. The van der Waals surface area contributed by atoms with Gasteiger partial charge in [0, 0.05) is 26.5 Å². The highest BCUT2D eigenvalue weighted by atomic mass is 32.2. The fourth-order valence-electron chi connectivity index (χ4n) is 2.93. The summed E-state index contributed by atoms with van der Waals surface area (Å²) in [6, 6.07) is 15.3. The number of nitrogens with zero attached hydrogens (tertiary/aromatic N) is 1. The fraction of sp³-hybridized carbons (Fsp3) is 0.381. The highest BCUT2D eigenvalue weighted by Gasteiger charge is 2.12.